The van der Waals surface area contributed by atoms with Gasteiger partial charge in [0.1, 0.15) is 5.82 Å². The maximum atomic E-state index is 12.8. The zero-order valence-electron chi connectivity index (χ0n) is 15.9. The first-order chi connectivity index (χ1) is 12.8. The van der Waals surface area contributed by atoms with E-state index in [-0.39, 0.29) is 23.5 Å². The van der Waals surface area contributed by atoms with E-state index in [1.807, 2.05) is 32.9 Å². The highest BCUT2D eigenvalue weighted by molar-refractivity contribution is 7.91. The predicted octanol–water partition coefficient (Wildman–Crippen LogP) is 3.09. The van der Waals surface area contributed by atoms with Crippen molar-refractivity contribution in [2.45, 2.75) is 33.2 Å². The molecule has 1 aliphatic heterocycles. The Labute approximate surface area is 160 Å². The molecule has 2 heterocycles. The van der Waals surface area contributed by atoms with Crippen LogP contribution in [-0.2, 0) is 9.84 Å². The van der Waals surface area contributed by atoms with Crippen molar-refractivity contribution < 1.29 is 13.2 Å². The van der Waals surface area contributed by atoms with Crippen LogP contribution in [0, 0.1) is 13.8 Å². The molecule has 6 nitrogen and oxygen atoms in total. The topological polar surface area (TPSA) is 79.4 Å². The minimum absolute atomic E-state index is 0.0480. The van der Waals surface area contributed by atoms with E-state index in [2.05, 4.69) is 16.4 Å². The maximum Gasteiger partial charge on any atom is 0.255 e. The molecule has 1 aromatic heterocycles. The van der Waals surface area contributed by atoms with Gasteiger partial charge in [-0.3, -0.25) is 4.79 Å². The lowest BCUT2D eigenvalue weighted by atomic mass is 10.1. The monoisotopic (exact) mass is 387 g/mol. The van der Waals surface area contributed by atoms with Gasteiger partial charge in [0, 0.05) is 24.5 Å². The first-order valence-corrected chi connectivity index (χ1v) is 10.9. The number of benzene rings is 1. The number of amides is 1. The highest BCUT2D eigenvalue weighted by atomic mass is 32.2. The first-order valence-electron chi connectivity index (χ1n) is 9.11. The van der Waals surface area contributed by atoms with Crippen molar-refractivity contribution in [2.24, 2.45) is 0 Å². The van der Waals surface area contributed by atoms with Crippen LogP contribution in [0.5, 0.6) is 0 Å². The number of nitrogens with zero attached hydrogens (tertiary/aromatic N) is 2. The second-order valence-corrected chi connectivity index (χ2v) is 9.25. The van der Waals surface area contributed by atoms with E-state index < -0.39 is 9.84 Å². The fourth-order valence-corrected chi connectivity index (χ4v) is 5.17. The fraction of sp³-hybridized carbons (Fsp3) is 0.400. The number of carbonyl (C=O) groups is 1. The van der Waals surface area contributed by atoms with Crippen molar-refractivity contribution in [1.29, 1.82) is 0 Å². The number of nitrogens with one attached hydrogen (secondary N) is 1. The summed E-state index contributed by atoms with van der Waals surface area (Å²) in [6.07, 6.45) is 2.04. The fourth-order valence-electron chi connectivity index (χ4n) is 3.44. The number of aryl methyl sites for hydroxylation is 2. The van der Waals surface area contributed by atoms with Gasteiger partial charge in [0.05, 0.1) is 17.1 Å². The molecule has 0 aliphatic carbocycles. The molecule has 1 N–H and O–H groups in total. The molecule has 0 bridgehead atoms. The number of anilines is 2. The average Bonchev–Trinajstić information content (AvgIpc) is 2.98. The molecule has 144 valence electrons. The Bertz CT molecular complexity index is 939. The summed E-state index contributed by atoms with van der Waals surface area (Å²) in [6.45, 7) is 6.42. The molecule has 0 saturated carbocycles. The summed E-state index contributed by atoms with van der Waals surface area (Å²) in [5, 5.41) is 3.26. The zero-order chi connectivity index (χ0) is 19.6. The van der Waals surface area contributed by atoms with Crippen LogP contribution in [0.25, 0.3) is 0 Å². The van der Waals surface area contributed by atoms with Crippen LogP contribution in [0.1, 0.15) is 34.8 Å². The highest BCUT2D eigenvalue weighted by Gasteiger charge is 2.34. The lowest BCUT2D eigenvalue weighted by molar-refractivity contribution is 0.0708. The lowest BCUT2D eigenvalue weighted by Crippen LogP contribution is -2.41. The van der Waals surface area contributed by atoms with Crippen LogP contribution in [0.15, 0.2) is 36.5 Å². The Morgan fingerprint density at radius 1 is 1.26 bits per heavy atom. The second kappa shape index (κ2) is 7.68. The van der Waals surface area contributed by atoms with Crippen molar-refractivity contribution >= 4 is 27.2 Å². The van der Waals surface area contributed by atoms with Gasteiger partial charge in [-0.2, -0.15) is 0 Å². The number of hydrogen-bond donors (Lipinski definition) is 1. The summed E-state index contributed by atoms with van der Waals surface area (Å²) in [5.74, 6) is 0.681. The van der Waals surface area contributed by atoms with Crippen LogP contribution < -0.4 is 5.32 Å². The number of sulfone groups is 1. The van der Waals surface area contributed by atoms with E-state index in [1.54, 1.807) is 23.2 Å². The summed E-state index contributed by atoms with van der Waals surface area (Å²) in [5.41, 5.74) is 3.75. The zero-order valence-corrected chi connectivity index (χ0v) is 16.7. The minimum Gasteiger partial charge on any atom is -0.340 e. The Balaban J connectivity index is 1.73. The third-order valence-electron chi connectivity index (χ3n) is 4.91. The van der Waals surface area contributed by atoms with Crippen molar-refractivity contribution in [3.63, 3.8) is 0 Å². The van der Waals surface area contributed by atoms with Gasteiger partial charge in [0.25, 0.3) is 5.91 Å². The molecule has 0 radical (unpaired) electrons. The molecular weight excluding hydrogens is 362 g/mol. The normalized spacial score (nSPS) is 18.3. The van der Waals surface area contributed by atoms with Gasteiger partial charge in [-0.25, -0.2) is 13.4 Å². The molecule has 1 fully saturated rings. The minimum atomic E-state index is -3.03. The van der Waals surface area contributed by atoms with Crippen molar-refractivity contribution in [3.05, 3.63) is 53.2 Å². The van der Waals surface area contributed by atoms with Crippen molar-refractivity contribution in [1.82, 2.24) is 9.88 Å². The summed E-state index contributed by atoms with van der Waals surface area (Å²) in [4.78, 5) is 18.8. The molecule has 1 aliphatic rings. The summed E-state index contributed by atoms with van der Waals surface area (Å²) < 4.78 is 23.5. The SMILES string of the molecule is CCN(C(=O)c1ccc(Nc2ccc(C)cc2C)nc1)C1CCS(=O)(=O)C1. The third-order valence-corrected chi connectivity index (χ3v) is 6.66. The molecule has 7 heteroatoms. The molecule has 1 saturated heterocycles. The molecule has 3 rings (SSSR count). The van der Waals surface area contributed by atoms with Crippen molar-refractivity contribution in [3.8, 4) is 0 Å². The predicted molar refractivity (Wildman–Crippen MR) is 107 cm³/mol. The van der Waals surface area contributed by atoms with Gasteiger partial charge in [-0.15, -0.1) is 0 Å². The molecular formula is C20H25N3O3S. The van der Waals surface area contributed by atoms with E-state index in [0.29, 0.717) is 24.3 Å². The Morgan fingerprint density at radius 2 is 2.04 bits per heavy atom. The van der Waals surface area contributed by atoms with Gasteiger partial charge in [-0.1, -0.05) is 17.7 Å². The van der Waals surface area contributed by atoms with Gasteiger partial charge < -0.3 is 10.2 Å². The van der Waals surface area contributed by atoms with Crippen LogP contribution in [-0.4, -0.2) is 48.3 Å². The number of hydrogen-bond acceptors (Lipinski definition) is 5. The molecule has 2 aromatic rings. The smallest absolute Gasteiger partial charge is 0.255 e. The van der Waals surface area contributed by atoms with Crippen LogP contribution >= 0.6 is 0 Å². The van der Waals surface area contributed by atoms with E-state index in [9.17, 15) is 13.2 Å². The molecule has 1 aromatic carbocycles. The molecule has 1 atom stereocenters. The maximum absolute atomic E-state index is 12.8. The summed E-state index contributed by atoms with van der Waals surface area (Å²) in [6, 6.07) is 9.38. The second-order valence-electron chi connectivity index (χ2n) is 7.02. The molecule has 0 spiro atoms. The molecule has 1 amide bonds. The highest BCUT2D eigenvalue weighted by Crippen LogP contribution is 2.22. The van der Waals surface area contributed by atoms with Crippen LogP contribution in [0.2, 0.25) is 0 Å². The van der Waals surface area contributed by atoms with E-state index in [0.717, 1.165) is 11.3 Å². The standard InChI is InChI=1S/C20H25N3O3S/c1-4-23(17-9-10-27(25,26)13-17)20(24)16-6-8-19(21-12-16)22-18-7-5-14(2)11-15(18)3/h5-8,11-12,17H,4,9-10,13H2,1-3H3,(H,21,22). The Hall–Kier alpha value is -2.41. The van der Waals surface area contributed by atoms with Gasteiger partial charge in [-0.05, 0) is 51.0 Å². The Kier molecular flexibility index (Phi) is 5.51. The quantitative estimate of drug-likeness (QED) is 0.853. The molecule has 1 unspecified atom stereocenters. The van der Waals surface area contributed by atoms with E-state index in [1.165, 1.54) is 5.56 Å². The lowest BCUT2D eigenvalue weighted by Gasteiger charge is -2.26. The Morgan fingerprint density at radius 3 is 2.59 bits per heavy atom. The third kappa shape index (κ3) is 4.47. The van der Waals surface area contributed by atoms with Crippen LogP contribution in [0.4, 0.5) is 11.5 Å². The number of pyridine rings is 1. The van der Waals surface area contributed by atoms with Gasteiger partial charge in [0.15, 0.2) is 9.84 Å². The van der Waals surface area contributed by atoms with Gasteiger partial charge in [0.2, 0.25) is 0 Å². The number of carbonyl (C=O) groups excluding carboxylic acids is 1. The number of rotatable bonds is 5. The van der Waals surface area contributed by atoms with E-state index >= 15 is 0 Å². The van der Waals surface area contributed by atoms with Gasteiger partial charge >= 0.3 is 0 Å². The number of aromatic nitrogens is 1. The summed E-state index contributed by atoms with van der Waals surface area (Å²) >= 11 is 0. The average molecular weight is 388 g/mol. The van der Waals surface area contributed by atoms with Crippen molar-refractivity contribution in [2.75, 3.05) is 23.4 Å². The summed E-state index contributed by atoms with van der Waals surface area (Å²) in [7, 11) is -3.03. The van der Waals surface area contributed by atoms with E-state index in [4.69, 9.17) is 0 Å². The molecule has 27 heavy (non-hydrogen) atoms. The van der Waals surface area contributed by atoms with Crippen LogP contribution in [0.3, 0.4) is 0 Å². The first kappa shape index (κ1) is 19.4. The largest absolute Gasteiger partial charge is 0.340 e.